The zero-order valence-electron chi connectivity index (χ0n) is 18.2. The molecule has 0 radical (unpaired) electrons. The summed E-state index contributed by atoms with van der Waals surface area (Å²) in [5.74, 6) is -1.21. The molecule has 3 aromatic carbocycles. The average Bonchev–Trinajstić information content (AvgIpc) is 3.39. The van der Waals surface area contributed by atoms with Crippen molar-refractivity contribution in [3.8, 4) is 33.8 Å². The minimum absolute atomic E-state index is 0.0131. The van der Waals surface area contributed by atoms with Gasteiger partial charge in [0.2, 0.25) is 5.13 Å². The largest absolute Gasteiger partial charge is 0.454 e. The molecular formula is C24H15ClFN5O3S2. The Morgan fingerprint density at radius 2 is 1.72 bits per heavy atom. The second-order valence-corrected chi connectivity index (χ2v) is 10.3. The molecule has 12 heteroatoms. The maximum atomic E-state index is 15.5. The monoisotopic (exact) mass is 539 g/mol. The fourth-order valence-electron chi connectivity index (χ4n) is 3.42. The molecule has 5 rings (SSSR count). The lowest BCUT2D eigenvalue weighted by molar-refractivity contribution is 0.434. The Labute approximate surface area is 214 Å². The minimum atomic E-state index is -4.36. The minimum Gasteiger partial charge on any atom is -0.454 e. The fraction of sp³-hybridized carbons (Fsp3) is 0. The number of nitrogens with one attached hydrogen (secondary N) is 1. The van der Waals surface area contributed by atoms with Gasteiger partial charge in [-0.25, -0.2) is 12.8 Å². The maximum Gasteiger partial charge on any atom is 0.266 e. The molecule has 2 heterocycles. The molecule has 0 saturated heterocycles. The van der Waals surface area contributed by atoms with Crippen LogP contribution in [-0.2, 0) is 10.0 Å². The van der Waals surface area contributed by atoms with Crippen LogP contribution in [0.2, 0.25) is 5.02 Å². The third-order valence-electron chi connectivity index (χ3n) is 5.04. The van der Waals surface area contributed by atoms with E-state index < -0.39 is 20.7 Å². The van der Waals surface area contributed by atoms with Crippen molar-refractivity contribution in [2.24, 2.45) is 0 Å². The van der Waals surface area contributed by atoms with E-state index >= 15 is 4.39 Å². The summed E-state index contributed by atoms with van der Waals surface area (Å²) in [6.07, 6.45) is 3.07. The van der Waals surface area contributed by atoms with Crippen LogP contribution in [0.4, 0.5) is 9.52 Å². The Hall–Kier alpha value is -3.93. The lowest BCUT2D eigenvalue weighted by Crippen LogP contribution is -2.15. The van der Waals surface area contributed by atoms with Gasteiger partial charge in [-0.3, -0.25) is 4.72 Å². The summed E-state index contributed by atoms with van der Waals surface area (Å²) in [6.45, 7) is 0. The molecule has 0 fully saturated rings. The maximum absolute atomic E-state index is 15.5. The van der Waals surface area contributed by atoms with E-state index in [1.165, 1.54) is 17.8 Å². The van der Waals surface area contributed by atoms with E-state index in [4.69, 9.17) is 16.3 Å². The third-order valence-corrected chi connectivity index (χ3v) is 7.34. The summed E-state index contributed by atoms with van der Waals surface area (Å²) < 4.78 is 49.2. The first-order valence-electron chi connectivity index (χ1n) is 10.3. The molecule has 5 aromatic rings. The van der Waals surface area contributed by atoms with Crippen LogP contribution in [0.25, 0.3) is 22.3 Å². The third kappa shape index (κ3) is 5.03. The van der Waals surface area contributed by atoms with E-state index in [2.05, 4.69) is 25.1 Å². The Bertz CT molecular complexity index is 1620. The number of nitrogens with zero attached hydrogens (tertiary/aromatic N) is 4. The van der Waals surface area contributed by atoms with Gasteiger partial charge in [0, 0.05) is 22.2 Å². The zero-order valence-corrected chi connectivity index (χ0v) is 20.6. The Morgan fingerprint density at radius 1 is 0.889 bits per heavy atom. The van der Waals surface area contributed by atoms with Gasteiger partial charge in [-0.2, -0.15) is 10.2 Å². The van der Waals surface area contributed by atoms with Crippen LogP contribution in [-0.4, -0.2) is 28.8 Å². The van der Waals surface area contributed by atoms with Gasteiger partial charge in [0.15, 0.2) is 11.6 Å². The molecule has 0 aliphatic rings. The van der Waals surface area contributed by atoms with Gasteiger partial charge in [-0.15, -0.1) is 10.2 Å². The number of hydrogen-bond donors (Lipinski definition) is 1. The van der Waals surface area contributed by atoms with E-state index in [1.54, 1.807) is 18.3 Å². The molecule has 0 unspecified atom stereocenters. The molecule has 1 N–H and O–H groups in total. The SMILES string of the molecule is O=S(=O)(Nc1nncs1)c1cc(Cl)cc(Oc2ccc(-c3ccccc3)cc2-c2ccnnc2)c1F. The molecule has 180 valence electrons. The highest BCUT2D eigenvalue weighted by Crippen LogP contribution is 2.39. The van der Waals surface area contributed by atoms with Crippen LogP contribution in [0.5, 0.6) is 11.5 Å². The highest BCUT2D eigenvalue weighted by molar-refractivity contribution is 7.93. The van der Waals surface area contributed by atoms with Crippen LogP contribution in [0.1, 0.15) is 0 Å². The average molecular weight is 540 g/mol. The molecule has 0 bridgehead atoms. The normalized spacial score (nSPS) is 11.3. The summed E-state index contributed by atoms with van der Waals surface area (Å²) in [6, 6.07) is 19.0. The van der Waals surface area contributed by atoms with Crippen LogP contribution >= 0.6 is 22.9 Å². The number of benzene rings is 3. The Morgan fingerprint density at radius 3 is 2.44 bits per heavy atom. The molecule has 0 saturated carbocycles. The highest BCUT2D eigenvalue weighted by atomic mass is 35.5. The smallest absolute Gasteiger partial charge is 0.266 e. The zero-order chi connectivity index (χ0) is 25.1. The number of halogens is 2. The summed E-state index contributed by atoms with van der Waals surface area (Å²) in [5, 5.41) is 14.9. The molecule has 2 aromatic heterocycles. The molecule has 0 atom stereocenters. The second kappa shape index (κ2) is 9.97. The first kappa shape index (κ1) is 23.8. The first-order chi connectivity index (χ1) is 17.4. The van der Waals surface area contributed by atoms with Crippen molar-refractivity contribution in [2.75, 3.05) is 4.72 Å². The van der Waals surface area contributed by atoms with Crippen molar-refractivity contribution in [3.05, 3.63) is 95.5 Å². The number of aromatic nitrogens is 4. The molecule has 0 aliphatic heterocycles. The number of anilines is 1. The van der Waals surface area contributed by atoms with Crippen LogP contribution < -0.4 is 9.46 Å². The van der Waals surface area contributed by atoms with Crippen LogP contribution in [0.15, 0.2) is 89.5 Å². The quantitative estimate of drug-likeness (QED) is 0.268. The number of sulfonamides is 1. The summed E-state index contributed by atoms with van der Waals surface area (Å²) in [7, 11) is -4.36. The standard InChI is InChI=1S/C24H15ClFN5O3S2/c25-18-11-21(23(26)22(12-18)36(32,33)31-24-30-29-14-35-24)34-20-7-6-16(15-4-2-1-3-5-15)10-19(20)17-8-9-27-28-13-17/h1-14H,(H,30,31). The summed E-state index contributed by atoms with van der Waals surface area (Å²) >= 11 is 7.11. The predicted molar refractivity (Wildman–Crippen MR) is 135 cm³/mol. The highest BCUT2D eigenvalue weighted by Gasteiger charge is 2.25. The van der Waals surface area contributed by atoms with E-state index in [0.717, 1.165) is 28.5 Å². The van der Waals surface area contributed by atoms with E-state index in [9.17, 15) is 8.42 Å². The van der Waals surface area contributed by atoms with Crippen molar-refractivity contribution < 1.29 is 17.5 Å². The van der Waals surface area contributed by atoms with Crippen LogP contribution in [0, 0.1) is 5.82 Å². The van der Waals surface area contributed by atoms with Crippen molar-refractivity contribution in [1.29, 1.82) is 0 Å². The van der Waals surface area contributed by atoms with Gasteiger partial charge in [0.25, 0.3) is 10.0 Å². The summed E-state index contributed by atoms with van der Waals surface area (Å²) in [5.41, 5.74) is 4.48. The number of hydrogen-bond acceptors (Lipinski definition) is 8. The lowest BCUT2D eigenvalue weighted by Gasteiger charge is -2.15. The van der Waals surface area contributed by atoms with Gasteiger partial charge in [-0.05, 0) is 35.4 Å². The molecule has 0 spiro atoms. The Balaban J connectivity index is 1.58. The van der Waals surface area contributed by atoms with E-state index in [1.807, 2.05) is 42.5 Å². The summed E-state index contributed by atoms with van der Waals surface area (Å²) in [4.78, 5) is -0.687. The number of rotatable bonds is 7. The number of ether oxygens (including phenoxy) is 1. The molecular weight excluding hydrogens is 525 g/mol. The lowest BCUT2D eigenvalue weighted by atomic mass is 9.99. The molecule has 0 aliphatic carbocycles. The molecule has 0 amide bonds. The molecule has 36 heavy (non-hydrogen) atoms. The van der Waals surface area contributed by atoms with Crippen molar-refractivity contribution >= 4 is 38.1 Å². The fourth-order valence-corrected chi connectivity index (χ4v) is 5.50. The topological polar surface area (TPSA) is 107 Å². The first-order valence-corrected chi connectivity index (χ1v) is 13.1. The Kier molecular flexibility index (Phi) is 6.59. The van der Waals surface area contributed by atoms with Crippen LogP contribution in [0.3, 0.4) is 0 Å². The van der Waals surface area contributed by atoms with Gasteiger partial charge in [0.1, 0.15) is 16.2 Å². The predicted octanol–water partition coefficient (Wildman–Crippen LogP) is 6.05. The van der Waals surface area contributed by atoms with E-state index in [0.29, 0.717) is 11.1 Å². The van der Waals surface area contributed by atoms with Gasteiger partial charge in [-0.1, -0.05) is 59.3 Å². The van der Waals surface area contributed by atoms with Gasteiger partial charge in [0.05, 0.1) is 12.4 Å². The van der Waals surface area contributed by atoms with Gasteiger partial charge >= 0.3 is 0 Å². The van der Waals surface area contributed by atoms with Crippen molar-refractivity contribution in [3.63, 3.8) is 0 Å². The van der Waals surface area contributed by atoms with Crippen molar-refractivity contribution in [1.82, 2.24) is 20.4 Å². The van der Waals surface area contributed by atoms with Gasteiger partial charge < -0.3 is 4.74 Å². The van der Waals surface area contributed by atoms with Crippen molar-refractivity contribution in [2.45, 2.75) is 4.90 Å². The van der Waals surface area contributed by atoms with E-state index in [-0.39, 0.29) is 21.7 Å². The molecule has 8 nitrogen and oxygen atoms in total. The second-order valence-electron chi connectivity index (χ2n) is 7.38.